The molecular weight excluding hydrogens is 280 g/mol. The Morgan fingerprint density at radius 2 is 2.00 bits per heavy atom. The summed E-state index contributed by atoms with van der Waals surface area (Å²) in [5, 5.41) is 11.6. The highest BCUT2D eigenvalue weighted by Gasteiger charge is 2.20. The number of pyridine rings is 1. The molecule has 0 unspecified atom stereocenters. The molecule has 3 rings (SSSR count). The lowest BCUT2D eigenvalue weighted by atomic mass is 10.0. The molecule has 0 amide bonds. The van der Waals surface area contributed by atoms with Crippen LogP contribution >= 0.6 is 0 Å². The highest BCUT2D eigenvalue weighted by Crippen LogP contribution is 2.29. The quantitative estimate of drug-likeness (QED) is 0.574. The summed E-state index contributed by atoms with van der Waals surface area (Å²) in [7, 11) is 1.75. The van der Waals surface area contributed by atoms with E-state index in [0.29, 0.717) is 22.9 Å². The van der Waals surface area contributed by atoms with Gasteiger partial charge in [0.2, 0.25) is 0 Å². The molecule has 0 saturated heterocycles. The van der Waals surface area contributed by atoms with Crippen LogP contribution in [0.3, 0.4) is 0 Å². The van der Waals surface area contributed by atoms with E-state index in [1.807, 2.05) is 30.3 Å². The van der Waals surface area contributed by atoms with Gasteiger partial charge in [-0.3, -0.25) is 0 Å². The van der Waals surface area contributed by atoms with Crippen molar-refractivity contribution in [2.45, 2.75) is 0 Å². The molecular formula is C15H13N6O. The Bertz CT molecular complexity index is 782. The third-order valence-corrected chi connectivity index (χ3v) is 3.09. The fourth-order valence-corrected chi connectivity index (χ4v) is 2.11. The molecule has 0 aliphatic heterocycles. The molecule has 7 nitrogen and oxygen atoms in total. The summed E-state index contributed by atoms with van der Waals surface area (Å²) in [5.74, 6) is 6.41. The smallest absolute Gasteiger partial charge is 0.186 e. The summed E-state index contributed by atoms with van der Waals surface area (Å²) in [5.41, 5.74) is 2.07. The lowest BCUT2D eigenvalue weighted by Gasteiger charge is -2.12. The Labute approximate surface area is 127 Å². The molecule has 7 heteroatoms. The molecule has 0 saturated carbocycles. The molecule has 0 fully saturated rings. The minimum absolute atomic E-state index is 0.376. The summed E-state index contributed by atoms with van der Waals surface area (Å²) in [6.45, 7) is 0. The van der Waals surface area contributed by atoms with Crippen molar-refractivity contribution in [3.8, 4) is 0 Å². The first kappa shape index (κ1) is 13.9. The van der Waals surface area contributed by atoms with E-state index in [2.05, 4.69) is 26.7 Å². The van der Waals surface area contributed by atoms with Gasteiger partial charge in [0.25, 0.3) is 0 Å². The molecule has 2 N–H and O–H groups in total. The molecule has 1 radical (unpaired) electrons. The lowest BCUT2D eigenvalue weighted by molar-refractivity contribution is 0.290. The molecule has 0 spiro atoms. The molecule has 0 aliphatic carbocycles. The van der Waals surface area contributed by atoms with Crippen LogP contribution < -0.4 is 5.90 Å². The van der Waals surface area contributed by atoms with E-state index in [9.17, 15) is 0 Å². The third kappa shape index (κ3) is 2.57. The van der Waals surface area contributed by atoms with Crippen molar-refractivity contribution in [2.75, 3.05) is 0 Å². The van der Waals surface area contributed by atoms with Crippen molar-refractivity contribution in [3.63, 3.8) is 0 Å². The molecule has 3 aromatic rings. The van der Waals surface area contributed by atoms with Crippen molar-refractivity contribution in [2.24, 2.45) is 12.9 Å². The summed E-state index contributed by atoms with van der Waals surface area (Å²) in [6.07, 6.45) is 2.76. The van der Waals surface area contributed by atoms with Gasteiger partial charge in [-0.15, -0.1) is 5.10 Å². The SMILES string of the molecule is Cn1nnnc1/C(=C(\ON)c1ccc[c]n1)c1ccccc1. The highest BCUT2D eigenvalue weighted by molar-refractivity contribution is 5.93. The Morgan fingerprint density at radius 3 is 2.59 bits per heavy atom. The van der Waals surface area contributed by atoms with Gasteiger partial charge in [-0.25, -0.2) is 9.67 Å². The maximum atomic E-state index is 5.51. The number of hydrogen-bond donors (Lipinski definition) is 1. The van der Waals surface area contributed by atoms with Crippen LogP contribution in [0.15, 0.2) is 48.5 Å². The van der Waals surface area contributed by atoms with Crippen LogP contribution in [0.25, 0.3) is 11.3 Å². The molecule has 2 aromatic heterocycles. The van der Waals surface area contributed by atoms with Gasteiger partial charge >= 0.3 is 0 Å². The van der Waals surface area contributed by atoms with Crippen LogP contribution in [-0.2, 0) is 11.9 Å². The molecule has 2 heterocycles. The Balaban J connectivity index is 2.29. The Hall–Kier alpha value is -3.06. The second-order valence-electron chi connectivity index (χ2n) is 4.47. The predicted octanol–water partition coefficient (Wildman–Crippen LogP) is 1.21. The molecule has 0 atom stereocenters. The molecule has 1 aromatic carbocycles. The van der Waals surface area contributed by atoms with Gasteiger partial charge < -0.3 is 4.84 Å². The van der Waals surface area contributed by atoms with Crippen molar-refractivity contribution in [3.05, 3.63) is 71.8 Å². The van der Waals surface area contributed by atoms with Gasteiger partial charge in [-0.1, -0.05) is 36.4 Å². The summed E-state index contributed by atoms with van der Waals surface area (Å²) in [6, 6.07) is 14.9. The van der Waals surface area contributed by atoms with Crippen LogP contribution in [0.1, 0.15) is 17.1 Å². The summed E-state index contributed by atoms with van der Waals surface area (Å²) < 4.78 is 1.55. The average Bonchev–Trinajstić information content (AvgIpc) is 3.00. The van der Waals surface area contributed by atoms with E-state index in [1.54, 1.807) is 29.9 Å². The lowest BCUT2D eigenvalue weighted by Crippen LogP contribution is -2.08. The molecule has 109 valence electrons. The van der Waals surface area contributed by atoms with Crippen LogP contribution in [0.2, 0.25) is 0 Å². The molecule has 0 aliphatic rings. The zero-order valence-corrected chi connectivity index (χ0v) is 11.8. The molecule has 0 bridgehead atoms. The number of aryl methyl sites for hydroxylation is 1. The van der Waals surface area contributed by atoms with Gasteiger partial charge in [0, 0.05) is 7.05 Å². The van der Waals surface area contributed by atoms with Crippen molar-refractivity contribution >= 4 is 11.3 Å². The van der Waals surface area contributed by atoms with Crippen molar-refractivity contribution in [1.82, 2.24) is 25.2 Å². The number of nitrogens with zero attached hydrogens (tertiary/aromatic N) is 5. The standard InChI is InChI=1S/C15H13N6O/c1-21-15(18-19-20-21)13(11-7-3-2-4-8-11)14(22-16)12-9-5-6-10-17-12/h2-9H,16H2,1H3/b14-13-. The van der Waals surface area contributed by atoms with Gasteiger partial charge in [0.15, 0.2) is 11.6 Å². The second kappa shape index (κ2) is 6.15. The number of aromatic nitrogens is 5. The minimum atomic E-state index is 0.376. The van der Waals surface area contributed by atoms with Gasteiger partial charge in [0.1, 0.15) is 5.69 Å². The number of benzene rings is 1. The first-order valence-electron chi connectivity index (χ1n) is 6.54. The zero-order valence-electron chi connectivity index (χ0n) is 11.8. The highest BCUT2D eigenvalue weighted by atomic mass is 16.6. The Kier molecular flexibility index (Phi) is 3.88. The first-order chi connectivity index (χ1) is 10.8. The van der Waals surface area contributed by atoms with Gasteiger partial charge in [-0.2, -0.15) is 5.90 Å². The summed E-state index contributed by atoms with van der Waals surface area (Å²) in [4.78, 5) is 9.29. The average molecular weight is 293 g/mol. The fraction of sp³-hybridized carbons (Fsp3) is 0.0667. The Morgan fingerprint density at radius 1 is 1.18 bits per heavy atom. The predicted molar refractivity (Wildman–Crippen MR) is 79.5 cm³/mol. The van der Waals surface area contributed by atoms with Crippen LogP contribution in [0.4, 0.5) is 0 Å². The third-order valence-electron chi connectivity index (χ3n) is 3.09. The normalized spacial score (nSPS) is 11.9. The topological polar surface area (TPSA) is 91.7 Å². The maximum Gasteiger partial charge on any atom is 0.186 e. The van der Waals surface area contributed by atoms with Crippen molar-refractivity contribution in [1.29, 1.82) is 0 Å². The van der Waals surface area contributed by atoms with Gasteiger partial charge in [-0.05, 0) is 28.1 Å². The second-order valence-corrected chi connectivity index (χ2v) is 4.47. The van der Waals surface area contributed by atoms with E-state index in [0.717, 1.165) is 5.56 Å². The van der Waals surface area contributed by atoms with Crippen LogP contribution in [-0.4, -0.2) is 25.2 Å². The van der Waals surface area contributed by atoms with E-state index >= 15 is 0 Å². The number of nitrogens with two attached hydrogens (primary N) is 1. The largest absolute Gasteiger partial charge is 0.408 e. The minimum Gasteiger partial charge on any atom is -0.408 e. The number of hydrogen-bond acceptors (Lipinski definition) is 6. The van der Waals surface area contributed by atoms with E-state index in [4.69, 9.17) is 10.7 Å². The van der Waals surface area contributed by atoms with Gasteiger partial charge in [0.05, 0.1) is 11.8 Å². The van der Waals surface area contributed by atoms with E-state index < -0.39 is 0 Å². The zero-order chi connectivity index (χ0) is 15.4. The fourth-order valence-electron chi connectivity index (χ4n) is 2.11. The van der Waals surface area contributed by atoms with Crippen LogP contribution in [0.5, 0.6) is 0 Å². The first-order valence-corrected chi connectivity index (χ1v) is 6.54. The monoisotopic (exact) mass is 293 g/mol. The maximum absolute atomic E-state index is 5.51. The van der Waals surface area contributed by atoms with Crippen molar-refractivity contribution < 1.29 is 4.84 Å². The van der Waals surface area contributed by atoms with Crippen LogP contribution in [0, 0.1) is 6.20 Å². The number of tetrazole rings is 1. The number of rotatable bonds is 4. The van der Waals surface area contributed by atoms with E-state index in [1.165, 1.54) is 0 Å². The summed E-state index contributed by atoms with van der Waals surface area (Å²) >= 11 is 0. The van der Waals surface area contributed by atoms with E-state index in [-0.39, 0.29) is 0 Å². The molecule has 22 heavy (non-hydrogen) atoms.